The quantitative estimate of drug-likeness (QED) is 0.552. The van der Waals surface area contributed by atoms with E-state index in [1.54, 1.807) is 0 Å². The van der Waals surface area contributed by atoms with Crippen molar-refractivity contribution in [3.05, 3.63) is 0 Å². The van der Waals surface area contributed by atoms with Gasteiger partial charge in [0.1, 0.15) is 0 Å². The summed E-state index contributed by atoms with van der Waals surface area (Å²) in [4.78, 5) is 0. The molecule has 0 aromatic heterocycles. The van der Waals surface area contributed by atoms with E-state index in [9.17, 15) is 10.2 Å². The maximum Gasteiger partial charge on any atom is 0.0609 e. The van der Waals surface area contributed by atoms with Gasteiger partial charge in [-0.3, -0.25) is 0 Å². The highest BCUT2D eigenvalue weighted by molar-refractivity contribution is 5.30. The van der Waals surface area contributed by atoms with Crippen molar-refractivity contribution >= 4 is 0 Å². The second-order valence-electron chi connectivity index (χ2n) is 6.01. The number of hydrogen-bond acceptors (Lipinski definition) is 2. The van der Waals surface area contributed by atoms with Gasteiger partial charge in [0.05, 0.1) is 12.2 Å². The Labute approximate surface area is 76.9 Å². The molecule has 2 bridgehead atoms. The van der Waals surface area contributed by atoms with Crippen LogP contribution in [0.2, 0.25) is 0 Å². The first-order chi connectivity index (χ1) is 6.30. The van der Waals surface area contributed by atoms with E-state index in [1.807, 2.05) is 0 Å². The predicted molar refractivity (Wildman–Crippen MR) is 44.6 cm³/mol. The molecule has 2 N–H and O–H groups in total. The van der Waals surface area contributed by atoms with Crippen LogP contribution in [0.5, 0.6) is 0 Å². The average Bonchev–Trinajstić information content (AvgIpc) is 2.52. The molecule has 5 fully saturated rings. The van der Waals surface area contributed by atoms with Crippen molar-refractivity contribution in [2.45, 2.75) is 18.6 Å². The Morgan fingerprint density at radius 3 is 1.54 bits per heavy atom. The highest BCUT2D eigenvalue weighted by atomic mass is 16.3. The molecule has 5 rings (SSSR count). The van der Waals surface area contributed by atoms with Crippen LogP contribution in [0.25, 0.3) is 0 Å². The van der Waals surface area contributed by atoms with Gasteiger partial charge >= 0.3 is 0 Å². The minimum atomic E-state index is -0.0304. The largest absolute Gasteiger partial charge is 0.393 e. The van der Waals surface area contributed by atoms with Crippen LogP contribution < -0.4 is 0 Å². The number of fused-ring (bicyclic) bond motifs is 2. The van der Waals surface area contributed by atoms with E-state index in [1.165, 1.54) is 6.42 Å². The molecule has 5 aliphatic rings. The van der Waals surface area contributed by atoms with Crippen molar-refractivity contribution in [2.75, 3.05) is 0 Å². The Morgan fingerprint density at radius 2 is 1.08 bits per heavy atom. The van der Waals surface area contributed by atoms with Gasteiger partial charge < -0.3 is 10.2 Å². The topological polar surface area (TPSA) is 40.5 Å². The first-order valence-corrected chi connectivity index (χ1v) is 5.67. The summed E-state index contributed by atoms with van der Waals surface area (Å²) in [5, 5.41) is 20.2. The molecule has 10 atom stereocenters. The molecule has 0 radical (unpaired) electrons. The summed E-state index contributed by atoms with van der Waals surface area (Å²) >= 11 is 0. The summed E-state index contributed by atoms with van der Waals surface area (Å²) in [5.41, 5.74) is 0. The van der Waals surface area contributed by atoms with Crippen LogP contribution in [0, 0.1) is 47.3 Å². The van der Waals surface area contributed by atoms with E-state index in [-0.39, 0.29) is 12.2 Å². The van der Waals surface area contributed by atoms with E-state index < -0.39 is 0 Å². The summed E-state index contributed by atoms with van der Waals surface area (Å²) in [6, 6.07) is 0. The molecule has 2 nitrogen and oxygen atoms in total. The number of aliphatic hydroxyl groups excluding tert-OH is 2. The minimum absolute atomic E-state index is 0.0304. The van der Waals surface area contributed by atoms with Crippen molar-refractivity contribution in [1.82, 2.24) is 0 Å². The van der Waals surface area contributed by atoms with Crippen LogP contribution in [0.15, 0.2) is 0 Å². The number of aliphatic hydroxyl groups is 2. The lowest BCUT2D eigenvalue weighted by atomic mass is 9.58. The van der Waals surface area contributed by atoms with Gasteiger partial charge in [0.15, 0.2) is 0 Å². The van der Waals surface area contributed by atoms with E-state index in [4.69, 9.17) is 0 Å². The van der Waals surface area contributed by atoms with Gasteiger partial charge in [-0.25, -0.2) is 0 Å². The van der Waals surface area contributed by atoms with Crippen LogP contribution in [0.3, 0.4) is 0 Å². The van der Waals surface area contributed by atoms with E-state index in [0.29, 0.717) is 23.7 Å². The van der Waals surface area contributed by atoms with Gasteiger partial charge in [-0.05, 0) is 53.8 Å². The molecule has 2 heteroatoms. The second-order valence-corrected chi connectivity index (χ2v) is 6.01. The second kappa shape index (κ2) is 1.49. The van der Waals surface area contributed by atoms with Gasteiger partial charge in [0.2, 0.25) is 0 Å². The highest BCUT2D eigenvalue weighted by Gasteiger charge is 2.83. The van der Waals surface area contributed by atoms with Crippen LogP contribution in [0.1, 0.15) is 6.42 Å². The summed E-state index contributed by atoms with van der Waals surface area (Å²) in [7, 11) is 0. The van der Waals surface area contributed by atoms with Gasteiger partial charge in [0, 0.05) is 0 Å². The molecule has 0 saturated heterocycles. The highest BCUT2D eigenvalue weighted by Crippen LogP contribution is 2.82. The molecule has 5 aliphatic carbocycles. The molecule has 0 heterocycles. The van der Waals surface area contributed by atoms with E-state index >= 15 is 0 Å². The van der Waals surface area contributed by atoms with Crippen LogP contribution in [-0.4, -0.2) is 22.4 Å². The summed E-state index contributed by atoms with van der Waals surface area (Å²) in [6.07, 6.45) is 1.28. The Balaban J connectivity index is 1.83. The molecule has 5 saturated carbocycles. The zero-order chi connectivity index (χ0) is 8.48. The van der Waals surface area contributed by atoms with Crippen LogP contribution >= 0.6 is 0 Å². The molecule has 13 heavy (non-hydrogen) atoms. The third kappa shape index (κ3) is 0.375. The zero-order valence-electron chi connectivity index (χ0n) is 7.38. The summed E-state index contributed by atoms with van der Waals surface area (Å²) in [5.74, 6) is 5.33. The lowest BCUT2D eigenvalue weighted by Gasteiger charge is -2.47. The molecule has 0 unspecified atom stereocenters. The predicted octanol–water partition coefficient (Wildman–Crippen LogP) is 0.0959. The maximum atomic E-state index is 10.1. The molecule has 0 spiro atoms. The monoisotopic (exact) mass is 178 g/mol. The van der Waals surface area contributed by atoms with Crippen molar-refractivity contribution in [3.8, 4) is 0 Å². The Bertz CT molecular complexity index is 281. The third-order valence-corrected chi connectivity index (χ3v) is 6.32. The van der Waals surface area contributed by atoms with E-state index in [0.717, 1.165) is 23.7 Å². The fourth-order valence-corrected chi connectivity index (χ4v) is 6.44. The Kier molecular flexibility index (Phi) is 0.733. The van der Waals surface area contributed by atoms with Gasteiger partial charge in [-0.2, -0.15) is 0 Å². The van der Waals surface area contributed by atoms with Crippen molar-refractivity contribution < 1.29 is 10.2 Å². The fraction of sp³-hybridized carbons (Fsp3) is 1.00. The van der Waals surface area contributed by atoms with Gasteiger partial charge in [-0.1, -0.05) is 0 Å². The molecule has 0 amide bonds. The lowest BCUT2D eigenvalue weighted by Crippen LogP contribution is -2.51. The molecular weight excluding hydrogens is 164 g/mol. The smallest absolute Gasteiger partial charge is 0.0609 e. The lowest BCUT2D eigenvalue weighted by molar-refractivity contribution is -0.109. The van der Waals surface area contributed by atoms with E-state index in [2.05, 4.69) is 0 Å². The standard InChI is InChI=1S/C11H14O2/c12-10-6-2-1-3-5-4(2)8(10)9(5)11(13)7(3)6/h2-13H,1H2/t2-,3+,4-,5-,6-,7+,8+,9+,10+,11-/m1/s1. The molecular formula is C11H14O2. The van der Waals surface area contributed by atoms with Crippen LogP contribution in [0.4, 0.5) is 0 Å². The van der Waals surface area contributed by atoms with Crippen LogP contribution in [-0.2, 0) is 0 Å². The van der Waals surface area contributed by atoms with Crippen molar-refractivity contribution in [1.29, 1.82) is 0 Å². The number of hydrogen-bond donors (Lipinski definition) is 2. The minimum Gasteiger partial charge on any atom is -0.393 e. The van der Waals surface area contributed by atoms with Crippen molar-refractivity contribution in [3.63, 3.8) is 0 Å². The fourth-order valence-electron chi connectivity index (χ4n) is 6.44. The Hall–Kier alpha value is -0.0800. The maximum absolute atomic E-state index is 10.1. The first-order valence-electron chi connectivity index (χ1n) is 5.67. The summed E-state index contributed by atoms with van der Waals surface area (Å²) in [6.45, 7) is 0. The van der Waals surface area contributed by atoms with Gasteiger partial charge in [-0.15, -0.1) is 0 Å². The Morgan fingerprint density at radius 1 is 0.615 bits per heavy atom. The molecule has 0 aromatic rings. The number of rotatable bonds is 0. The molecule has 0 aliphatic heterocycles. The SMILES string of the molecule is O[C@@H]1[C@@H]2[C@H]3[C@H](O)[C@H]4[C@H]5C[C@H]([C@@H]2[C@@H]53)[C@@H]14. The summed E-state index contributed by atoms with van der Waals surface area (Å²) < 4.78 is 0. The van der Waals surface area contributed by atoms with Gasteiger partial charge in [0.25, 0.3) is 0 Å². The molecule has 70 valence electrons. The van der Waals surface area contributed by atoms with Crippen molar-refractivity contribution in [2.24, 2.45) is 47.3 Å². The normalized spacial score (nSPS) is 85.4. The first kappa shape index (κ1) is 6.41. The average molecular weight is 178 g/mol. The molecule has 0 aromatic carbocycles. The zero-order valence-corrected chi connectivity index (χ0v) is 7.38. The third-order valence-electron chi connectivity index (χ3n) is 6.32.